The summed E-state index contributed by atoms with van der Waals surface area (Å²) in [6.45, 7) is 13.3. The van der Waals surface area contributed by atoms with Gasteiger partial charge in [-0.05, 0) is 18.3 Å². The molecule has 0 unspecified atom stereocenters. The van der Waals surface area contributed by atoms with Crippen LogP contribution in [0.5, 0.6) is 0 Å². The third kappa shape index (κ3) is 3.67. The van der Waals surface area contributed by atoms with E-state index in [1.807, 2.05) is 0 Å². The Morgan fingerprint density at radius 2 is 1.61 bits per heavy atom. The van der Waals surface area contributed by atoms with Crippen LogP contribution in [0.15, 0.2) is 25.3 Å². The molecule has 1 aliphatic rings. The van der Waals surface area contributed by atoms with Crippen LogP contribution in [0.3, 0.4) is 0 Å². The minimum Gasteiger partial charge on any atom is -0.195 e. The molecule has 1 rings (SSSR count). The van der Waals surface area contributed by atoms with Gasteiger partial charge in [-0.15, -0.1) is 13.2 Å². The predicted molar refractivity (Wildman–Crippen MR) is 75.4 cm³/mol. The summed E-state index contributed by atoms with van der Waals surface area (Å²) in [6.07, 6.45) is 4.31. The third-order valence-electron chi connectivity index (χ3n) is 3.15. The van der Waals surface area contributed by atoms with Gasteiger partial charge in [0.05, 0.1) is 0 Å². The molecule has 1 aliphatic heterocycles. The first-order valence-corrected chi connectivity index (χ1v) is 7.78. The van der Waals surface area contributed by atoms with Crippen LogP contribution in [0.25, 0.3) is 0 Å². The zero-order valence-electron chi connectivity index (χ0n) is 11.4. The Balaban J connectivity index is 2.88. The summed E-state index contributed by atoms with van der Waals surface area (Å²) in [7, 11) is -3.39. The van der Waals surface area contributed by atoms with Crippen molar-refractivity contribution in [2.45, 2.75) is 20.3 Å². The lowest BCUT2D eigenvalue weighted by Gasteiger charge is -2.36. The number of hydrogen-bond acceptors (Lipinski definition) is 2. The van der Waals surface area contributed by atoms with Gasteiger partial charge in [-0.25, -0.2) is 0 Å². The van der Waals surface area contributed by atoms with Crippen LogP contribution >= 0.6 is 0 Å². The fraction of sp³-hybridized carbons (Fsp3) is 0.692. The monoisotopic (exact) mass is 272 g/mol. The van der Waals surface area contributed by atoms with Crippen molar-refractivity contribution in [2.75, 3.05) is 26.2 Å². The summed E-state index contributed by atoms with van der Waals surface area (Å²) in [5.74, 6) is 0.829. The molecule has 1 saturated heterocycles. The van der Waals surface area contributed by atoms with Gasteiger partial charge in [-0.3, -0.25) is 0 Å². The number of nitrogens with zero attached hydrogens (tertiary/aromatic N) is 2. The van der Waals surface area contributed by atoms with E-state index in [1.165, 1.54) is 4.31 Å². The molecule has 0 bridgehead atoms. The molecule has 1 fully saturated rings. The molecule has 2 atom stereocenters. The average Bonchev–Trinajstić information content (AvgIpc) is 2.27. The fourth-order valence-corrected chi connectivity index (χ4v) is 4.31. The zero-order valence-corrected chi connectivity index (χ0v) is 12.2. The van der Waals surface area contributed by atoms with Crippen molar-refractivity contribution < 1.29 is 8.42 Å². The summed E-state index contributed by atoms with van der Waals surface area (Å²) in [5, 5.41) is 0. The lowest BCUT2D eigenvalue weighted by Crippen LogP contribution is -2.49. The van der Waals surface area contributed by atoms with Crippen LogP contribution in [0.2, 0.25) is 0 Å². The Morgan fingerprint density at radius 3 is 2.00 bits per heavy atom. The van der Waals surface area contributed by atoms with Gasteiger partial charge < -0.3 is 0 Å². The van der Waals surface area contributed by atoms with Gasteiger partial charge >= 0.3 is 0 Å². The second-order valence-electron chi connectivity index (χ2n) is 5.17. The number of piperidine rings is 1. The highest BCUT2D eigenvalue weighted by atomic mass is 32.2. The lowest BCUT2D eigenvalue weighted by atomic mass is 9.94. The summed E-state index contributed by atoms with van der Waals surface area (Å²) >= 11 is 0. The molecule has 0 radical (unpaired) electrons. The molecule has 1 heterocycles. The molecule has 0 saturated carbocycles. The topological polar surface area (TPSA) is 40.6 Å². The smallest absolute Gasteiger partial charge is 0.195 e. The molecule has 0 aromatic carbocycles. The Kier molecular flexibility index (Phi) is 5.56. The van der Waals surface area contributed by atoms with Gasteiger partial charge in [0.2, 0.25) is 0 Å². The van der Waals surface area contributed by atoms with Crippen molar-refractivity contribution in [3.8, 4) is 0 Å². The standard InChI is InChI=1S/C13H24N2O2S/c1-5-7-14(8-6-2)18(16,17)15-10-12(3)9-13(4)11-15/h5-6,12-13H,1-2,7-11H2,3-4H3/t12-,13-/m0/s1. The molecule has 0 aromatic heterocycles. The molecule has 0 spiro atoms. The third-order valence-corrected chi connectivity index (χ3v) is 5.05. The zero-order chi connectivity index (χ0) is 13.8. The van der Waals surface area contributed by atoms with E-state index in [-0.39, 0.29) is 0 Å². The molecule has 0 aromatic rings. The van der Waals surface area contributed by atoms with Gasteiger partial charge in [0.25, 0.3) is 10.2 Å². The van der Waals surface area contributed by atoms with Gasteiger partial charge in [-0.1, -0.05) is 26.0 Å². The first-order valence-electron chi connectivity index (χ1n) is 6.38. The van der Waals surface area contributed by atoms with Crippen LogP contribution in [0.1, 0.15) is 20.3 Å². The lowest BCUT2D eigenvalue weighted by molar-refractivity contribution is 0.211. The van der Waals surface area contributed by atoms with Crippen molar-refractivity contribution in [1.29, 1.82) is 0 Å². The maximum absolute atomic E-state index is 12.5. The van der Waals surface area contributed by atoms with E-state index in [2.05, 4.69) is 27.0 Å². The minimum absolute atomic E-state index is 0.327. The first-order chi connectivity index (χ1) is 8.41. The van der Waals surface area contributed by atoms with Crippen LogP contribution in [0.4, 0.5) is 0 Å². The van der Waals surface area contributed by atoms with Crippen molar-refractivity contribution in [1.82, 2.24) is 8.61 Å². The highest BCUT2D eigenvalue weighted by Crippen LogP contribution is 2.24. The Labute approximate surface area is 111 Å². The van der Waals surface area contributed by atoms with E-state index in [0.29, 0.717) is 38.0 Å². The molecule has 0 N–H and O–H groups in total. The molecular weight excluding hydrogens is 248 g/mol. The highest BCUT2D eigenvalue weighted by molar-refractivity contribution is 7.86. The average molecular weight is 272 g/mol. The predicted octanol–water partition coefficient (Wildman–Crippen LogP) is 1.88. The van der Waals surface area contributed by atoms with Gasteiger partial charge in [-0.2, -0.15) is 17.0 Å². The SMILES string of the molecule is C=CCN(CC=C)S(=O)(=O)N1C[C@@H](C)C[C@H](C)C1. The normalized spacial score (nSPS) is 26.2. The Hall–Kier alpha value is -0.650. The van der Waals surface area contributed by atoms with Crippen molar-refractivity contribution >= 4 is 10.2 Å². The van der Waals surface area contributed by atoms with Crippen LogP contribution in [-0.2, 0) is 10.2 Å². The minimum atomic E-state index is -3.39. The van der Waals surface area contributed by atoms with Crippen molar-refractivity contribution in [3.63, 3.8) is 0 Å². The van der Waals surface area contributed by atoms with Crippen LogP contribution in [0, 0.1) is 11.8 Å². The molecule has 104 valence electrons. The van der Waals surface area contributed by atoms with E-state index in [4.69, 9.17) is 0 Å². The number of hydrogen-bond donors (Lipinski definition) is 0. The summed E-state index contributed by atoms with van der Waals surface area (Å²) in [6, 6.07) is 0. The molecule has 0 amide bonds. The van der Waals surface area contributed by atoms with E-state index in [0.717, 1.165) is 6.42 Å². The summed E-state index contributed by atoms with van der Waals surface area (Å²) < 4.78 is 28.0. The molecule has 18 heavy (non-hydrogen) atoms. The maximum Gasteiger partial charge on any atom is 0.282 e. The van der Waals surface area contributed by atoms with Crippen molar-refractivity contribution in [3.05, 3.63) is 25.3 Å². The Morgan fingerprint density at radius 1 is 1.17 bits per heavy atom. The highest BCUT2D eigenvalue weighted by Gasteiger charge is 2.33. The Bertz CT molecular complexity index is 372. The maximum atomic E-state index is 12.5. The van der Waals surface area contributed by atoms with Gasteiger partial charge in [0, 0.05) is 26.2 Å². The summed E-state index contributed by atoms with van der Waals surface area (Å²) in [4.78, 5) is 0. The fourth-order valence-electron chi connectivity index (χ4n) is 2.51. The molecule has 0 aliphatic carbocycles. The van der Waals surface area contributed by atoms with Crippen LogP contribution in [-0.4, -0.2) is 43.2 Å². The number of rotatable bonds is 6. The van der Waals surface area contributed by atoms with Crippen molar-refractivity contribution in [2.24, 2.45) is 11.8 Å². The molecule has 5 heteroatoms. The van der Waals surface area contributed by atoms with Gasteiger partial charge in [0.1, 0.15) is 0 Å². The molecular formula is C13H24N2O2S. The van der Waals surface area contributed by atoms with E-state index in [9.17, 15) is 8.42 Å². The second kappa shape index (κ2) is 6.50. The molecule has 4 nitrogen and oxygen atoms in total. The van der Waals surface area contributed by atoms with E-state index < -0.39 is 10.2 Å². The quantitative estimate of drug-likeness (QED) is 0.693. The van der Waals surface area contributed by atoms with E-state index in [1.54, 1.807) is 16.5 Å². The largest absolute Gasteiger partial charge is 0.282 e. The van der Waals surface area contributed by atoms with E-state index >= 15 is 0 Å². The van der Waals surface area contributed by atoms with Gasteiger partial charge in [0.15, 0.2) is 0 Å². The van der Waals surface area contributed by atoms with Crippen LogP contribution < -0.4 is 0 Å². The first kappa shape index (κ1) is 15.4. The second-order valence-corrected chi connectivity index (χ2v) is 7.09. The summed E-state index contributed by atoms with van der Waals surface area (Å²) in [5.41, 5.74) is 0.